The van der Waals surface area contributed by atoms with E-state index in [1.807, 2.05) is 0 Å². The highest BCUT2D eigenvalue weighted by Crippen LogP contribution is 2.34. The molecule has 5 heteroatoms. The number of benzene rings is 2. The molecule has 0 aliphatic carbocycles. The lowest BCUT2D eigenvalue weighted by molar-refractivity contribution is 0.0854. The van der Waals surface area contributed by atoms with E-state index in [2.05, 4.69) is 15.9 Å². The molecule has 2 rings (SSSR count). The van der Waals surface area contributed by atoms with Crippen LogP contribution in [0.4, 0.5) is 5.69 Å². The standard InChI is InChI=1S/C14H12BrNO3/c1-19-12-9-5-8-11(13(12)15)16(18)14(17)10-6-3-2-4-7-10/h2-9,18H,1H3. The van der Waals surface area contributed by atoms with Crippen LogP contribution in [0.1, 0.15) is 10.4 Å². The highest BCUT2D eigenvalue weighted by Gasteiger charge is 2.19. The lowest BCUT2D eigenvalue weighted by Gasteiger charge is -2.17. The fraction of sp³-hybridized carbons (Fsp3) is 0.0714. The lowest BCUT2D eigenvalue weighted by Crippen LogP contribution is -2.27. The summed E-state index contributed by atoms with van der Waals surface area (Å²) in [5, 5.41) is 10.6. The predicted molar refractivity (Wildman–Crippen MR) is 75.7 cm³/mol. The van der Waals surface area contributed by atoms with E-state index in [0.29, 0.717) is 26.5 Å². The molecule has 98 valence electrons. The molecular formula is C14H12BrNO3. The van der Waals surface area contributed by atoms with Crippen LogP contribution >= 0.6 is 15.9 Å². The first kappa shape index (κ1) is 13.6. The van der Waals surface area contributed by atoms with Crippen LogP contribution in [0.15, 0.2) is 53.0 Å². The van der Waals surface area contributed by atoms with Gasteiger partial charge in [-0.15, -0.1) is 0 Å². The number of hydroxylamine groups is 1. The van der Waals surface area contributed by atoms with Crippen LogP contribution in [0.5, 0.6) is 5.75 Å². The average Bonchev–Trinajstić information content (AvgIpc) is 2.47. The number of anilines is 1. The molecule has 2 aromatic rings. The molecule has 0 aromatic heterocycles. The molecule has 0 spiro atoms. The minimum atomic E-state index is -0.505. The Morgan fingerprint density at radius 1 is 1.16 bits per heavy atom. The maximum atomic E-state index is 12.1. The predicted octanol–water partition coefficient (Wildman–Crippen LogP) is 3.49. The number of halogens is 1. The smallest absolute Gasteiger partial charge is 0.282 e. The van der Waals surface area contributed by atoms with Crippen molar-refractivity contribution in [3.63, 3.8) is 0 Å². The van der Waals surface area contributed by atoms with Crippen LogP contribution < -0.4 is 9.80 Å². The second-order valence-corrected chi connectivity index (χ2v) is 4.57. The van der Waals surface area contributed by atoms with Gasteiger partial charge in [0, 0.05) is 5.56 Å². The summed E-state index contributed by atoms with van der Waals surface area (Å²) in [5.41, 5.74) is 0.730. The maximum absolute atomic E-state index is 12.1. The van der Waals surface area contributed by atoms with Gasteiger partial charge < -0.3 is 4.74 Å². The molecule has 0 heterocycles. The van der Waals surface area contributed by atoms with E-state index in [1.54, 1.807) is 48.5 Å². The van der Waals surface area contributed by atoms with Gasteiger partial charge in [0.25, 0.3) is 5.91 Å². The summed E-state index contributed by atoms with van der Waals surface area (Å²) >= 11 is 3.30. The zero-order valence-electron chi connectivity index (χ0n) is 10.2. The van der Waals surface area contributed by atoms with Crippen molar-refractivity contribution in [3.8, 4) is 5.75 Å². The number of nitrogens with zero attached hydrogens (tertiary/aromatic N) is 1. The number of hydrogen-bond donors (Lipinski definition) is 1. The first-order valence-electron chi connectivity index (χ1n) is 5.56. The van der Waals surface area contributed by atoms with Crippen molar-refractivity contribution in [1.29, 1.82) is 0 Å². The SMILES string of the molecule is COc1cccc(N(O)C(=O)c2ccccc2)c1Br. The third-order valence-electron chi connectivity index (χ3n) is 2.60. The number of methoxy groups -OCH3 is 1. The molecule has 0 atom stereocenters. The average molecular weight is 322 g/mol. The quantitative estimate of drug-likeness (QED) is 0.695. The second kappa shape index (κ2) is 5.86. The van der Waals surface area contributed by atoms with Crippen molar-refractivity contribution in [2.45, 2.75) is 0 Å². The van der Waals surface area contributed by atoms with Gasteiger partial charge in [-0.2, -0.15) is 5.06 Å². The van der Waals surface area contributed by atoms with E-state index >= 15 is 0 Å². The minimum Gasteiger partial charge on any atom is -0.495 e. The summed E-state index contributed by atoms with van der Waals surface area (Å²) in [6, 6.07) is 13.6. The molecular weight excluding hydrogens is 310 g/mol. The monoisotopic (exact) mass is 321 g/mol. The van der Waals surface area contributed by atoms with Gasteiger partial charge in [-0.3, -0.25) is 10.0 Å². The third-order valence-corrected chi connectivity index (χ3v) is 3.40. The Morgan fingerprint density at radius 3 is 2.47 bits per heavy atom. The molecule has 0 bridgehead atoms. The number of ether oxygens (including phenoxy) is 1. The molecule has 0 radical (unpaired) electrons. The summed E-state index contributed by atoms with van der Waals surface area (Å²) in [4.78, 5) is 12.1. The highest BCUT2D eigenvalue weighted by atomic mass is 79.9. The largest absolute Gasteiger partial charge is 0.495 e. The van der Waals surface area contributed by atoms with Crippen molar-refractivity contribution in [1.82, 2.24) is 0 Å². The van der Waals surface area contributed by atoms with Gasteiger partial charge in [0.2, 0.25) is 0 Å². The molecule has 2 aromatic carbocycles. The van der Waals surface area contributed by atoms with Crippen molar-refractivity contribution >= 4 is 27.5 Å². The first-order chi connectivity index (χ1) is 9.15. The maximum Gasteiger partial charge on any atom is 0.282 e. The van der Waals surface area contributed by atoms with E-state index in [4.69, 9.17) is 4.74 Å². The Morgan fingerprint density at radius 2 is 1.84 bits per heavy atom. The number of carbonyl (C=O) groups is 1. The Kier molecular flexibility index (Phi) is 4.19. The summed E-state index contributed by atoms with van der Waals surface area (Å²) in [7, 11) is 1.52. The van der Waals surface area contributed by atoms with E-state index in [1.165, 1.54) is 7.11 Å². The number of amides is 1. The van der Waals surface area contributed by atoms with Crippen LogP contribution in [0, 0.1) is 0 Å². The molecule has 0 saturated carbocycles. The highest BCUT2D eigenvalue weighted by molar-refractivity contribution is 9.10. The van der Waals surface area contributed by atoms with Gasteiger partial charge in [-0.1, -0.05) is 24.3 Å². The molecule has 4 nitrogen and oxygen atoms in total. The Bertz CT molecular complexity index is 586. The van der Waals surface area contributed by atoms with Gasteiger partial charge in [-0.25, -0.2) is 0 Å². The zero-order chi connectivity index (χ0) is 13.8. The first-order valence-corrected chi connectivity index (χ1v) is 6.35. The topological polar surface area (TPSA) is 49.8 Å². The molecule has 0 aliphatic heterocycles. The second-order valence-electron chi connectivity index (χ2n) is 3.78. The van der Waals surface area contributed by atoms with Gasteiger partial charge >= 0.3 is 0 Å². The van der Waals surface area contributed by atoms with Crippen molar-refractivity contribution in [2.75, 3.05) is 12.2 Å². The zero-order valence-corrected chi connectivity index (χ0v) is 11.8. The number of hydrogen-bond acceptors (Lipinski definition) is 3. The van der Waals surface area contributed by atoms with E-state index in [-0.39, 0.29) is 0 Å². The Labute approximate surface area is 119 Å². The van der Waals surface area contributed by atoms with Gasteiger partial charge in [0.15, 0.2) is 0 Å². The van der Waals surface area contributed by atoms with Crippen LogP contribution in [-0.4, -0.2) is 18.2 Å². The van der Waals surface area contributed by atoms with Gasteiger partial charge in [0.05, 0.1) is 17.3 Å². The minimum absolute atomic E-state index is 0.327. The van der Waals surface area contributed by atoms with Crippen molar-refractivity contribution in [2.24, 2.45) is 0 Å². The summed E-state index contributed by atoms with van der Waals surface area (Å²) in [5.74, 6) is 0.0342. The Hall–Kier alpha value is -1.85. The van der Waals surface area contributed by atoms with Crippen molar-refractivity contribution in [3.05, 3.63) is 58.6 Å². The summed E-state index contributed by atoms with van der Waals surface area (Å²) in [6.07, 6.45) is 0. The summed E-state index contributed by atoms with van der Waals surface area (Å²) < 4.78 is 5.64. The van der Waals surface area contributed by atoms with Crippen molar-refractivity contribution < 1.29 is 14.7 Å². The van der Waals surface area contributed by atoms with E-state index in [9.17, 15) is 10.0 Å². The lowest BCUT2D eigenvalue weighted by atomic mass is 10.2. The number of rotatable bonds is 3. The fourth-order valence-corrected chi connectivity index (χ4v) is 2.23. The fourth-order valence-electron chi connectivity index (χ4n) is 1.63. The molecule has 0 aliphatic rings. The van der Waals surface area contributed by atoms with Crippen LogP contribution in [-0.2, 0) is 0 Å². The van der Waals surface area contributed by atoms with Gasteiger partial charge in [-0.05, 0) is 40.2 Å². The molecule has 0 unspecified atom stereocenters. The molecule has 0 fully saturated rings. The normalized spacial score (nSPS) is 10.1. The molecule has 0 saturated heterocycles. The number of carbonyl (C=O) groups excluding carboxylic acids is 1. The molecule has 19 heavy (non-hydrogen) atoms. The third kappa shape index (κ3) is 2.77. The Balaban J connectivity index is 2.35. The van der Waals surface area contributed by atoms with E-state index < -0.39 is 5.91 Å². The van der Waals surface area contributed by atoms with Gasteiger partial charge in [0.1, 0.15) is 5.75 Å². The van der Waals surface area contributed by atoms with Crippen LogP contribution in [0.2, 0.25) is 0 Å². The molecule has 1 amide bonds. The molecule has 1 N–H and O–H groups in total. The van der Waals surface area contributed by atoms with E-state index in [0.717, 1.165) is 0 Å². The van der Waals surface area contributed by atoms with Crippen LogP contribution in [0.25, 0.3) is 0 Å². The van der Waals surface area contributed by atoms with Crippen LogP contribution in [0.3, 0.4) is 0 Å². The summed E-state index contributed by atoms with van der Waals surface area (Å²) in [6.45, 7) is 0.